The van der Waals surface area contributed by atoms with Crippen LogP contribution in [-0.4, -0.2) is 16.3 Å². The van der Waals surface area contributed by atoms with Crippen molar-refractivity contribution in [1.29, 1.82) is 0 Å². The number of hydrogen-bond acceptors (Lipinski definition) is 4. The second kappa shape index (κ2) is 6.75. The van der Waals surface area contributed by atoms with Crippen LogP contribution in [0, 0.1) is 26.7 Å². The molecule has 2 N–H and O–H groups in total. The van der Waals surface area contributed by atoms with E-state index in [-0.39, 0.29) is 0 Å². The fraction of sp³-hybridized carbons (Fsp3) is 0.526. The van der Waals surface area contributed by atoms with E-state index in [4.69, 9.17) is 4.52 Å². The van der Waals surface area contributed by atoms with Gasteiger partial charge in [-0.3, -0.25) is 0 Å². The van der Waals surface area contributed by atoms with Crippen molar-refractivity contribution >= 4 is 0 Å². The van der Waals surface area contributed by atoms with Gasteiger partial charge in [-0.2, -0.15) is 0 Å². The van der Waals surface area contributed by atoms with Crippen molar-refractivity contribution in [3.8, 4) is 5.75 Å². The first-order valence-electron chi connectivity index (χ1n) is 8.47. The summed E-state index contributed by atoms with van der Waals surface area (Å²) in [6, 6.07) is 6.70. The first kappa shape index (κ1) is 16.1. The number of aromatic hydroxyl groups is 1. The lowest BCUT2D eigenvalue weighted by molar-refractivity contribution is 0.329. The average molecular weight is 314 g/mol. The molecule has 0 amide bonds. The van der Waals surface area contributed by atoms with E-state index in [1.165, 1.54) is 24.8 Å². The molecule has 1 saturated carbocycles. The summed E-state index contributed by atoms with van der Waals surface area (Å²) in [5.74, 6) is 2.02. The molecule has 1 aromatic carbocycles. The fourth-order valence-electron chi connectivity index (χ4n) is 3.72. The summed E-state index contributed by atoms with van der Waals surface area (Å²) < 4.78 is 5.38. The zero-order valence-corrected chi connectivity index (χ0v) is 14.2. The monoisotopic (exact) mass is 314 g/mol. The van der Waals surface area contributed by atoms with Gasteiger partial charge < -0.3 is 14.9 Å². The summed E-state index contributed by atoms with van der Waals surface area (Å²) in [6.07, 6.45) is 4.69. The number of nitrogens with zero attached hydrogens (tertiary/aromatic N) is 1. The number of phenols is 1. The number of hydrogen-bond donors (Lipinski definition) is 2. The molecule has 1 aromatic heterocycles. The molecule has 0 spiro atoms. The highest BCUT2D eigenvalue weighted by Gasteiger charge is 2.28. The van der Waals surface area contributed by atoms with Crippen LogP contribution in [0.4, 0.5) is 0 Å². The molecule has 2 aromatic rings. The molecule has 4 heteroatoms. The highest BCUT2D eigenvalue weighted by atomic mass is 16.5. The fourth-order valence-corrected chi connectivity index (χ4v) is 3.72. The van der Waals surface area contributed by atoms with Crippen LogP contribution >= 0.6 is 0 Å². The van der Waals surface area contributed by atoms with E-state index in [0.29, 0.717) is 17.7 Å². The second-order valence-electron chi connectivity index (χ2n) is 6.90. The molecular formula is C19H26N2O2. The van der Waals surface area contributed by atoms with Crippen LogP contribution in [0.5, 0.6) is 5.75 Å². The van der Waals surface area contributed by atoms with Crippen molar-refractivity contribution in [2.24, 2.45) is 5.92 Å². The summed E-state index contributed by atoms with van der Waals surface area (Å²) in [7, 11) is 0. The minimum atomic E-state index is 0.410. The molecule has 0 saturated heterocycles. The normalized spacial score (nSPS) is 21.0. The van der Waals surface area contributed by atoms with Crippen LogP contribution < -0.4 is 5.32 Å². The van der Waals surface area contributed by atoms with E-state index in [1.807, 2.05) is 26.8 Å². The van der Waals surface area contributed by atoms with E-state index in [2.05, 4.69) is 22.6 Å². The van der Waals surface area contributed by atoms with Gasteiger partial charge in [0.15, 0.2) is 0 Å². The van der Waals surface area contributed by atoms with E-state index in [1.54, 1.807) is 0 Å². The summed E-state index contributed by atoms with van der Waals surface area (Å²) >= 11 is 0. The number of nitrogens with one attached hydrogen (secondary N) is 1. The Kier molecular flexibility index (Phi) is 4.71. The Morgan fingerprint density at radius 3 is 2.57 bits per heavy atom. The molecular weight excluding hydrogens is 288 g/mol. The van der Waals surface area contributed by atoms with E-state index in [0.717, 1.165) is 35.5 Å². The maximum atomic E-state index is 9.88. The zero-order chi connectivity index (χ0) is 16.4. The van der Waals surface area contributed by atoms with Crippen molar-refractivity contribution in [1.82, 2.24) is 10.5 Å². The Labute approximate surface area is 137 Å². The van der Waals surface area contributed by atoms with Gasteiger partial charge in [-0.25, -0.2) is 0 Å². The third kappa shape index (κ3) is 3.75. The lowest BCUT2D eigenvalue weighted by Gasteiger charge is -2.20. The minimum Gasteiger partial charge on any atom is -0.507 e. The third-order valence-electron chi connectivity index (χ3n) is 4.92. The molecule has 1 aliphatic carbocycles. The van der Waals surface area contributed by atoms with Gasteiger partial charge in [0.25, 0.3) is 0 Å². The SMILES string of the molecule is Cc1cc(C[C@@H]2CCC[C@H]2NCc2cc(C)c(O)c(C)c2)on1. The highest BCUT2D eigenvalue weighted by Crippen LogP contribution is 2.30. The maximum absolute atomic E-state index is 9.88. The van der Waals surface area contributed by atoms with Crippen LogP contribution in [0.3, 0.4) is 0 Å². The maximum Gasteiger partial charge on any atom is 0.137 e. The van der Waals surface area contributed by atoms with Gasteiger partial charge >= 0.3 is 0 Å². The van der Waals surface area contributed by atoms with Gasteiger partial charge in [0.1, 0.15) is 11.5 Å². The van der Waals surface area contributed by atoms with Crippen molar-refractivity contribution < 1.29 is 9.63 Å². The molecule has 1 fully saturated rings. The molecule has 23 heavy (non-hydrogen) atoms. The largest absolute Gasteiger partial charge is 0.507 e. The number of phenolic OH excluding ortho intramolecular Hbond substituents is 1. The predicted molar refractivity (Wildman–Crippen MR) is 90.5 cm³/mol. The Balaban J connectivity index is 1.60. The number of aromatic nitrogens is 1. The third-order valence-corrected chi connectivity index (χ3v) is 4.92. The van der Waals surface area contributed by atoms with Gasteiger partial charge in [0.05, 0.1) is 5.69 Å². The minimum absolute atomic E-state index is 0.410. The summed E-state index contributed by atoms with van der Waals surface area (Å²) in [5.41, 5.74) is 4.08. The Morgan fingerprint density at radius 2 is 1.91 bits per heavy atom. The summed E-state index contributed by atoms with van der Waals surface area (Å²) in [6.45, 7) is 6.72. The lowest BCUT2D eigenvalue weighted by atomic mass is 9.97. The smallest absolute Gasteiger partial charge is 0.137 e. The van der Waals surface area contributed by atoms with Crippen molar-refractivity contribution in [2.75, 3.05) is 0 Å². The Hall–Kier alpha value is -1.81. The molecule has 0 aliphatic heterocycles. The van der Waals surface area contributed by atoms with Gasteiger partial charge in [-0.05, 0) is 56.2 Å². The predicted octanol–water partition coefficient (Wildman–Crippen LogP) is 3.81. The standard InChI is InChI=1S/C19H26N2O2/c1-12-7-15(8-13(2)19(12)22)11-20-18-6-4-5-16(18)10-17-9-14(3)21-23-17/h7-9,16,18,20,22H,4-6,10-11H2,1-3H3/t16-,18+/m0/s1. The van der Waals surface area contributed by atoms with E-state index >= 15 is 0 Å². The molecule has 124 valence electrons. The Bertz CT molecular complexity index is 655. The molecule has 3 rings (SSSR count). The number of benzene rings is 1. The summed E-state index contributed by atoms with van der Waals surface area (Å²) in [4.78, 5) is 0. The summed E-state index contributed by atoms with van der Waals surface area (Å²) in [5, 5.41) is 17.6. The van der Waals surface area contributed by atoms with Crippen LogP contribution in [0.2, 0.25) is 0 Å². The first-order valence-corrected chi connectivity index (χ1v) is 8.47. The molecule has 0 unspecified atom stereocenters. The van der Waals surface area contributed by atoms with Crippen LogP contribution in [0.25, 0.3) is 0 Å². The highest BCUT2D eigenvalue weighted by molar-refractivity contribution is 5.42. The van der Waals surface area contributed by atoms with Crippen molar-refractivity contribution in [3.63, 3.8) is 0 Å². The lowest BCUT2D eigenvalue weighted by Crippen LogP contribution is -2.32. The molecule has 1 aliphatic rings. The number of aryl methyl sites for hydroxylation is 3. The van der Waals surface area contributed by atoms with Gasteiger partial charge in [0.2, 0.25) is 0 Å². The van der Waals surface area contributed by atoms with Crippen molar-refractivity contribution in [3.05, 3.63) is 46.3 Å². The van der Waals surface area contributed by atoms with Gasteiger partial charge in [-0.1, -0.05) is 23.7 Å². The zero-order valence-electron chi connectivity index (χ0n) is 14.2. The van der Waals surface area contributed by atoms with Gasteiger partial charge in [-0.15, -0.1) is 0 Å². The quantitative estimate of drug-likeness (QED) is 0.881. The first-order chi connectivity index (χ1) is 11.0. The second-order valence-corrected chi connectivity index (χ2v) is 6.90. The van der Waals surface area contributed by atoms with Crippen LogP contribution in [0.15, 0.2) is 22.7 Å². The van der Waals surface area contributed by atoms with Gasteiger partial charge in [0, 0.05) is 25.1 Å². The van der Waals surface area contributed by atoms with E-state index < -0.39 is 0 Å². The average Bonchev–Trinajstić information content (AvgIpc) is 3.12. The van der Waals surface area contributed by atoms with Crippen LogP contribution in [-0.2, 0) is 13.0 Å². The molecule has 4 nitrogen and oxygen atoms in total. The Morgan fingerprint density at radius 1 is 1.17 bits per heavy atom. The van der Waals surface area contributed by atoms with E-state index in [9.17, 15) is 5.11 Å². The van der Waals surface area contributed by atoms with Crippen molar-refractivity contribution in [2.45, 2.75) is 59.0 Å². The molecule has 1 heterocycles. The van der Waals surface area contributed by atoms with Crippen LogP contribution in [0.1, 0.15) is 47.4 Å². The topological polar surface area (TPSA) is 58.3 Å². The number of rotatable bonds is 5. The molecule has 2 atom stereocenters. The molecule has 0 bridgehead atoms. The molecule has 0 radical (unpaired) electrons.